The van der Waals surface area contributed by atoms with Gasteiger partial charge in [0.05, 0.1) is 17.5 Å². The van der Waals surface area contributed by atoms with Gasteiger partial charge in [-0.25, -0.2) is 13.1 Å². The number of benzene rings is 1. The number of aryl methyl sites for hydroxylation is 1. The number of sulfonamides is 1. The Balaban J connectivity index is 2.17. The first-order valence-corrected chi connectivity index (χ1v) is 8.06. The van der Waals surface area contributed by atoms with Crippen LogP contribution in [0.5, 0.6) is 0 Å². The first kappa shape index (κ1) is 15.6. The number of hydrogen-bond donors (Lipinski definition) is 2. The average molecular weight is 310 g/mol. The lowest BCUT2D eigenvalue weighted by Crippen LogP contribution is -2.25. The molecule has 1 unspecified atom stereocenters. The van der Waals surface area contributed by atoms with Gasteiger partial charge < -0.3 is 9.67 Å². The van der Waals surface area contributed by atoms with Gasteiger partial charge in [0.15, 0.2) is 0 Å². The van der Waals surface area contributed by atoms with E-state index in [0.29, 0.717) is 17.9 Å². The Morgan fingerprint density at radius 3 is 2.86 bits per heavy atom. The van der Waals surface area contributed by atoms with E-state index in [1.807, 2.05) is 6.92 Å². The molecule has 0 aliphatic heterocycles. The second-order valence-electron chi connectivity index (χ2n) is 4.61. The minimum atomic E-state index is -3.66. The topological polar surface area (TPSA) is 97.1 Å². The van der Waals surface area contributed by atoms with E-state index < -0.39 is 16.1 Å². The number of hydrogen-bond acceptors (Lipinski definition) is 5. The molecule has 7 nitrogen and oxygen atoms in total. The first-order chi connectivity index (χ1) is 9.94. The number of nitrogens with one attached hydrogen (secondary N) is 1. The third kappa shape index (κ3) is 3.66. The molecule has 2 rings (SSSR count). The molecule has 0 bridgehead atoms. The summed E-state index contributed by atoms with van der Waals surface area (Å²) in [5, 5.41) is 17.1. The molecule has 21 heavy (non-hydrogen) atoms. The van der Waals surface area contributed by atoms with E-state index in [1.165, 1.54) is 12.1 Å². The van der Waals surface area contributed by atoms with Crippen molar-refractivity contribution < 1.29 is 13.5 Å². The van der Waals surface area contributed by atoms with Gasteiger partial charge in [-0.05, 0) is 31.5 Å². The van der Waals surface area contributed by atoms with Crippen molar-refractivity contribution in [2.45, 2.75) is 37.9 Å². The second-order valence-corrected chi connectivity index (χ2v) is 6.37. The minimum Gasteiger partial charge on any atom is -0.389 e. The molecule has 0 saturated heterocycles. The summed E-state index contributed by atoms with van der Waals surface area (Å²) >= 11 is 0. The summed E-state index contributed by atoms with van der Waals surface area (Å²) in [6.07, 6.45) is 0.834. The molecule has 0 spiro atoms. The maximum atomic E-state index is 12.3. The highest BCUT2D eigenvalue weighted by Gasteiger charge is 2.16. The predicted molar refractivity (Wildman–Crippen MR) is 76.8 cm³/mol. The molecule has 1 aromatic carbocycles. The summed E-state index contributed by atoms with van der Waals surface area (Å²) in [6.45, 7) is 4.24. The maximum absolute atomic E-state index is 12.3. The van der Waals surface area contributed by atoms with E-state index in [1.54, 1.807) is 30.0 Å². The quantitative estimate of drug-likeness (QED) is 0.823. The fourth-order valence-corrected chi connectivity index (χ4v) is 2.90. The highest BCUT2D eigenvalue weighted by Crippen LogP contribution is 2.17. The Bertz CT molecular complexity index is 710. The molecule has 0 fully saturated rings. The predicted octanol–water partition coefficient (Wildman–Crippen LogP) is 0.830. The molecule has 2 aromatic rings. The summed E-state index contributed by atoms with van der Waals surface area (Å²) < 4.78 is 28.7. The largest absolute Gasteiger partial charge is 0.389 e. The minimum absolute atomic E-state index is 0.0646. The van der Waals surface area contributed by atoms with Crippen molar-refractivity contribution in [3.8, 4) is 0 Å². The first-order valence-electron chi connectivity index (χ1n) is 6.58. The molecule has 2 N–H and O–H groups in total. The number of aromatic nitrogens is 3. The van der Waals surface area contributed by atoms with Crippen molar-refractivity contribution in [3.63, 3.8) is 0 Å². The molecule has 114 valence electrons. The van der Waals surface area contributed by atoms with E-state index in [9.17, 15) is 13.5 Å². The lowest BCUT2D eigenvalue weighted by Gasteiger charge is -2.10. The third-order valence-electron chi connectivity index (χ3n) is 3.11. The number of aliphatic hydroxyl groups is 1. The highest BCUT2D eigenvalue weighted by molar-refractivity contribution is 7.89. The van der Waals surface area contributed by atoms with E-state index >= 15 is 0 Å². The molecule has 0 aliphatic rings. The molecule has 0 amide bonds. The normalized spacial score (nSPS) is 13.3. The smallest absolute Gasteiger partial charge is 0.240 e. The van der Waals surface area contributed by atoms with Crippen LogP contribution in [0.2, 0.25) is 0 Å². The van der Waals surface area contributed by atoms with Gasteiger partial charge in [0.25, 0.3) is 0 Å². The number of nitrogens with zero attached hydrogens (tertiary/aromatic N) is 3. The molecular formula is C13H18N4O3S. The van der Waals surface area contributed by atoms with E-state index in [4.69, 9.17) is 0 Å². The molecule has 0 saturated carbocycles. The molecule has 1 aromatic heterocycles. The summed E-state index contributed by atoms with van der Waals surface area (Å²) in [7, 11) is -3.66. The van der Waals surface area contributed by atoms with Gasteiger partial charge in [-0.3, -0.25) is 0 Å². The zero-order valence-electron chi connectivity index (χ0n) is 11.9. The van der Waals surface area contributed by atoms with Gasteiger partial charge in [-0.2, -0.15) is 0 Å². The summed E-state index contributed by atoms with van der Waals surface area (Å²) in [5.41, 5.74) is 0.551. The van der Waals surface area contributed by atoms with Gasteiger partial charge in [0.1, 0.15) is 12.2 Å². The molecule has 0 aliphatic carbocycles. The van der Waals surface area contributed by atoms with Crippen LogP contribution in [0, 0.1) is 0 Å². The van der Waals surface area contributed by atoms with Gasteiger partial charge in [0, 0.05) is 6.54 Å². The van der Waals surface area contributed by atoms with Crippen LogP contribution in [-0.2, 0) is 23.1 Å². The summed E-state index contributed by atoms with van der Waals surface area (Å²) in [4.78, 5) is 0.114. The highest BCUT2D eigenvalue weighted by atomic mass is 32.2. The van der Waals surface area contributed by atoms with Crippen LogP contribution in [0.1, 0.15) is 31.3 Å². The number of rotatable bonds is 6. The zero-order chi connectivity index (χ0) is 15.5. The Morgan fingerprint density at radius 1 is 1.43 bits per heavy atom. The molecular weight excluding hydrogens is 292 g/mol. The van der Waals surface area contributed by atoms with Crippen molar-refractivity contribution in [1.82, 2.24) is 19.5 Å². The Morgan fingerprint density at radius 2 is 2.19 bits per heavy atom. The summed E-state index contributed by atoms with van der Waals surface area (Å²) in [6, 6.07) is 6.22. The summed E-state index contributed by atoms with van der Waals surface area (Å²) in [5.74, 6) is 0.549. The molecule has 8 heteroatoms. The fourth-order valence-electron chi connectivity index (χ4n) is 1.86. The zero-order valence-corrected chi connectivity index (χ0v) is 12.7. The average Bonchev–Trinajstić information content (AvgIpc) is 2.93. The fraction of sp³-hybridized carbons (Fsp3) is 0.385. The Labute approximate surface area is 123 Å². The van der Waals surface area contributed by atoms with Crippen molar-refractivity contribution in [3.05, 3.63) is 42.0 Å². The maximum Gasteiger partial charge on any atom is 0.240 e. The SMILES string of the molecule is CCn1cnnc1CNS(=O)(=O)c1cccc(C(C)O)c1. The van der Waals surface area contributed by atoms with Crippen LogP contribution in [0.25, 0.3) is 0 Å². The Hall–Kier alpha value is -1.77. The Kier molecular flexibility index (Phi) is 4.71. The van der Waals surface area contributed by atoms with Crippen molar-refractivity contribution in [2.75, 3.05) is 0 Å². The van der Waals surface area contributed by atoms with E-state index in [2.05, 4.69) is 14.9 Å². The van der Waals surface area contributed by atoms with Crippen LogP contribution in [0.3, 0.4) is 0 Å². The molecule has 0 radical (unpaired) electrons. The van der Waals surface area contributed by atoms with Crippen LogP contribution in [0.4, 0.5) is 0 Å². The van der Waals surface area contributed by atoms with E-state index in [-0.39, 0.29) is 11.4 Å². The standard InChI is InChI=1S/C13H18N4O3S/c1-3-17-9-14-16-13(17)8-15-21(19,20)12-6-4-5-11(7-12)10(2)18/h4-7,9-10,15,18H,3,8H2,1-2H3. The number of aliphatic hydroxyl groups excluding tert-OH is 1. The van der Waals surface area contributed by atoms with Crippen molar-refractivity contribution >= 4 is 10.0 Å². The van der Waals surface area contributed by atoms with Crippen LogP contribution >= 0.6 is 0 Å². The van der Waals surface area contributed by atoms with Gasteiger partial charge in [-0.15, -0.1) is 10.2 Å². The lowest BCUT2D eigenvalue weighted by molar-refractivity contribution is 0.199. The second kappa shape index (κ2) is 6.33. The molecule has 1 atom stereocenters. The van der Waals surface area contributed by atoms with Crippen LogP contribution in [-0.4, -0.2) is 28.3 Å². The van der Waals surface area contributed by atoms with Crippen molar-refractivity contribution in [2.24, 2.45) is 0 Å². The lowest BCUT2D eigenvalue weighted by atomic mass is 10.1. The van der Waals surface area contributed by atoms with Gasteiger partial charge in [0.2, 0.25) is 10.0 Å². The van der Waals surface area contributed by atoms with E-state index in [0.717, 1.165) is 0 Å². The molecule has 1 heterocycles. The monoisotopic (exact) mass is 310 g/mol. The third-order valence-corrected chi connectivity index (χ3v) is 4.51. The van der Waals surface area contributed by atoms with Crippen LogP contribution in [0.15, 0.2) is 35.5 Å². The van der Waals surface area contributed by atoms with Crippen LogP contribution < -0.4 is 4.72 Å². The van der Waals surface area contributed by atoms with Gasteiger partial charge >= 0.3 is 0 Å². The van der Waals surface area contributed by atoms with Gasteiger partial charge in [-0.1, -0.05) is 12.1 Å². The van der Waals surface area contributed by atoms with Crippen molar-refractivity contribution in [1.29, 1.82) is 0 Å².